The number of nitrogens with zero attached hydrogens (tertiary/aromatic N) is 2. The highest BCUT2D eigenvalue weighted by atomic mass is 79.9. The lowest BCUT2D eigenvalue weighted by atomic mass is 10.2. The summed E-state index contributed by atoms with van der Waals surface area (Å²) >= 11 is 3.19. The first-order valence-electron chi connectivity index (χ1n) is 5.39. The predicted molar refractivity (Wildman–Crippen MR) is 70.2 cm³/mol. The molecule has 0 radical (unpaired) electrons. The number of hydrogen-bond acceptors (Lipinski definition) is 4. The third-order valence-electron chi connectivity index (χ3n) is 2.47. The van der Waals surface area contributed by atoms with E-state index in [9.17, 15) is 13.2 Å². The molecule has 0 aliphatic heterocycles. The molecular formula is C12H9BrF3N3O. The van der Waals surface area contributed by atoms with Crippen LogP contribution in [-0.2, 0) is 11.3 Å². The van der Waals surface area contributed by atoms with Gasteiger partial charge in [-0.3, -0.25) is 0 Å². The van der Waals surface area contributed by atoms with Crippen molar-refractivity contribution in [1.29, 1.82) is 0 Å². The Morgan fingerprint density at radius 1 is 1.20 bits per heavy atom. The van der Waals surface area contributed by atoms with E-state index in [1.54, 1.807) is 0 Å². The molecular weight excluding hydrogens is 339 g/mol. The molecule has 2 rings (SSSR count). The number of nitrogens with two attached hydrogens (primary N) is 1. The van der Waals surface area contributed by atoms with Gasteiger partial charge in [0.15, 0.2) is 23.3 Å². The van der Waals surface area contributed by atoms with E-state index in [0.717, 1.165) is 12.1 Å². The lowest BCUT2D eigenvalue weighted by Crippen LogP contribution is -2.04. The zero-order valence-corrected chi connectivity index (χ0v) is 11.8. The topological polar surface area (TPSA) is 61.0 Å². The van der Waals surface area contributed by atoms with E-state index in [0.29, 0.717) is 10.2 Å². The number of benzene rings is 1. The molecule has 2 aromatic rings. The Morgan fingerprint density at radius 3 is 2.35 bits per heavy atom. The minimum Gasteiger partial charge on any atom is -0.383 e. The Morgan fingerprint density at radius 2 is 1.80 bits per heavy atom. The maximum absolute atomic E-state index is 13.2. The quantitative estimate of drug-likeness (QED) is 0.867. The number of anilines is 1. The fourth-order valence-electron chi connectivity index (χ4n) is 1.56. The van der Waals surface area contributed by atoms with Crippen molar-refractivity contribution in [2.24, 2.45) is 0 Å². The zero-order valence-electron chi connectivity index (χ0n) is 10.3. The monoisotopic (exact) mass is 347 g/mol. The van der Waals surface area contributed by atoms with E-state index in [2.05, 4.69) is 25.9 Å². The van der Waals surface area contributed by atoms with Crippen molar-refractivity contribution in [3.63, 3.8) is 0 Å². The molecule has 0 amide bonds. The molecule has 0 spiro atoms. The molecule has 1 heterocycles. The van der Waals surface area contributed by atoms with Gasteiger partial charge in [-0.1, -0.05) is 0 Å². The molecule has 0 bridgehead atoms. The van der Waals surface area contributed by atoms with Crippen LogP contribution >= 0.6 is 15.9 Å². The summed E-state index contributed by atoms with van der Waals surface area (Å²) < 4.78 is 44.7. The van der Waals surface area contributed by atoms with Gasteiger partial charge in [0, 0.05) is 12.7 Å². The van der Waals surface area contributed by atoms with E-state index in [1.807, 2.05) is 0 Å². The molecule has 106 valence electrons. The van der Waals surface area contributed by atoms with Crippen molar-refractivity contribution >= 4 is 21.7 Å². The number of ether oxygens (including phenoxy) is 1. The summed E-state index contributed by atoms with van der Waals surface area (Å²) in [6, 6.07) is 1.61. The first-order valence-corrected chi connectivity index (χ1v) is 6.19. The third kappa shape index (κ3) is 2.75. The van der Waals surface area contributed by atoms with Crippen LogP contribution in [0.4, 0.5) is 19.0 Å². The molecule has 0 saturated carbocycles. The van der Waals surface area contributed by atoms with Gasteiger partial charge in [-0.25, -0.2) is 23.1 Å². The van der Waals surface area contributed by atoms with Crippen LogP contribution in [0, 0.1) is 17.5 Å². The lowest BCUT2D eigenvalue weighted by Gasteiger charge is -2.09. The highest BCUT2D eigenvalue weighted by Crippen LogP contribution is 2.27. The minimum atomic E-state index is -1.55. The second-order valence-corrected chi connectivity index (χ2v) is 4.67. The molecule has 0 unspecified atom stereocenters. The SMILES string of the molecule is COCc1nc(-c2cc(F)c(F)c(F)c2)nc(N)c1Br. The Labute approximate surface area is 120 Å². The number of halogens is 4. The van der Waals surface area contributed by atoms with Crippen LogP contribution in [-0.4, -0.2) is 17.1 Å². The summed E-state index contributed by atoms with van der Waals surface area (Å²) in [5, 5.41) is 0. The molecule has 2 N–H and O–H groups in total. The molecule has 1 aromatic carbocycles. The lowest BCUT2D eigenvalue weighted by molar-refractivity contribution is 0.181. The van der Waals surface area contributed by atoms with Gasteiger partial charge in [0.2, 0.25) is 0 Å². The number of rotatable bonds is 3. The van der Waals surface area contributed by atoms with Gasteiger partial charge in [0.25, 0.3) is 0 Å². The van der Waals surface area contributed by atoms with Crippen molar-refractivity contribution < 1.29 is 17.9 Å². The van der Waals surface area contributed by atoms with Gasteiger partial charge in [-0.15, -0.1) is 0 Å². The number of aromatic nitrogens is 2. The van der Waals surface area contributed by atoms with Crippen LogP contribution in [0.3, 0.4) is 0 Å². The molecule has 20 heavy (non-hydrogen) atoms. The van der Waals surface area contributed by atoms with Crippen molar-refractivity contribution in [1.82, 2.24) is 9.97 Å². The van der Waals surface area contributed by atoms with Crippen molar-refractivity contribution in [2.75, 3.05) is 12.8 Å². The maximum atomic E-state index is 13.2. The van der Waals surface area contributed by atoms with Crippen molar-refractivity contribution in [3.8, 4) is 11.4 Å². The Balaban J connectivity index is 2.58. The van der Waals surface area contributed by atoms with Gasteiger partial charge in [0.05, 0.1) is 16.8 Å². The average molecular weight is 348 g/mol. The summed E-state index contributed by atoms with van der Waals surface area (Å²) in [4.78, 5) is 7.99. The van der Waals surface area contributed by atoms with E-state index in [4.69, 9.17) is 10.5 Å². The van der Waals surface area contributed by atoms with Crippen LogP contribution in [0.1, 0.15) is 5.69 Å². The van der Waals surface area contributed by atoms with Gasteiger partial charge in [0.1, 0.15) is 5.82 Å². The van der Waals surface area contributed by atoms with E-state index in [-0.39, 0.29) is 23.8 Å². The van der Waals surface area contributed by atoms with Crippen LogP contribution in [0.2, 0.25) is 0 Å². The van der Waals surface area contributed by atoms with Crippen molar-refractivity contribution in [3.05, 3.63) is 39.8 Å². The minimum absolute atomic E-state index is 0.0158. The highest BCUT2D eigenvalue weighted by Gasteiger charge is 2.16. The Hall–Kier alpha value is -1.67. The maximum Gasteiger partial charge on any atom is 0.194 e. The first kappa shape index (κ1) is 14.7. The second-order valence-electron chi connectivity index (χ2n) is 3.88. The summed E-state index contributed by atoms with van der Waals surface area (Å²) in [5.74, 6) is -4.12. The normalized spacial score (nSPS) is 10.8. The van der Waals surface area contributed by atoms with Gasteiger partial charge in [-0.2, -0.15) is 0 Å². The van der Waals surface area contributed by atoms with Crippen LogP contribution in [0.15, 0.2) is 16.6 Å². The standard InChI is InChI=1S/C12H9BrF3N3O/c1-20-4-8-9(13)11(17)19-12(18-8)5-2-6(14)10(16)7(15)3-5/h2-3H,4H2,1H3,(H2,17,18,19). The third-order valence-corrected chi connectivity index (χ3v) is 3.33. The van der Waals surface area contributed by atoms with Crippen LogP contribution < -0.4 is 5.73 Å². The summed E-state index contributed by atoms with van der Waals surface area (Å²) in [5.41, 5.74) is 6.08. The summed E-state index contributed by atoms with van der Waals surface area (Å²) in [6.07, 6.45) is 0. The smallest absolute Gasteiger partial charge is 0.194 e. The first-order chi connectivity index (χ1) is 9.43. The highest BCUT2D eigenvalue weighted by molar-refractivity contribution is 9.10. The van der Waals surface area contributed by atoms with E-state index >= 15 is 0 Å². The van der Waals surface area contributed by atoms with Crippen LogP contribution in [0.5, 0.6) is 0 Å². The Bertz CT molecular complexity index is 644. The van der Waals surface area contributed by atoms with Gasteiger partial charge < -0.3 is 10.5 Å². The van der Waals surface area contributed by atoms with Gasteiger partial charge in [-0.05, 0) is 28.1 Å². The Kier molecular flexibility index (Phi) is 4.24. The van der Waals surface area contributed by atoms with E-state index in [1.165, 1.54) is 7.11 Å². The number of hydrogen-bond donors (Lipinski definition) is 1. The average Bonchev–Trinajstić information content (AvgIpc) is 2.40. The fraction of sp³-hybridized carbons (Fsp3) is 0.167. The second kappa shape index (κ2) is 5.76. The molecule has 4 nitrogen and oxygen atoms in total. The molecule has 0 aliphatic rings. The fourth-order valence-corrected chi connectivity index (χ4v) is 1.85. The number of nitrogen functional groups attached to an aromatic ring is 1. The van der Waals surface area contributed by atoms with E-state index < -0.39 is 17.5 Å². The molecule has 0 fully saturated rings. The number of methoxy groups -OCH3 is 1. The largest absolute Gasteiger partial charge is 0.383 e. The van der Waals surface area contributed by atoms with Gasteiger partial charge >= 0.3 is 0 Å². The molecule has 0 saturated heterocycles. The molecule has 0 atom stereocenters. The van der Waals surface area contributed by atoms with Crippen molar-refractivity contribution in [2.45, 2.75) is 6.61 Å². The zero-order chi connectivity index (χ0) is 14.9. The molecule has 1 aromatic heterocycles. The molecule has 0 aliphatic carbocycles. The summed E-state index contributed by atoms with van der Waals surface area (Å²) in [6.45, 7) is 0.131. The summed E-state index contributed by atoms with van der Waals surface area (Å²) in [7, 11) is 1.46. The predicted octanol–water partition coefficient (Wildman–Crippen LogP) is 3.05. The van der Waals surface area contributed by atoms with Crippen LogP contribution in [0.25, 0.3) is 11.4 Å². The molecule has 8 heteroatoms.